The van der Waals surface area contributed by atoms with Gasteiger partial charge in [0.05, 0.1) is 30.6 Å². The first-order valence-corrected chi connectivity index (χ1v) is 11.1. The number of hydrogen-bond donors (Lipinski definition) is 1. The van der Waals surface area contributed by atoms with Crippen LogP contribution in [0.1, 0.15) is 25.7 Å². The molecule has 0 bridgehead atoms. The zero-order valence-electron chi connectivity index (χ0n) is 16.0. The summed E-state index contributed by atoms with van der Waals surface area (Å²) in [5.74, 6) is -1.83. The first-order valence-electron chi connectivity index (χ1n) is 9.55. The number of halogens is 3. The molecule has 30 heavy (non-hydrogen) atoms. The Morgan fingerprint density at radius 1 is 1.30 bits per heavy atom. The molecule has 2 aliphatic carbocycles. The molecule has 0 amide bonds. The predicted octanol–water partition coefficient (Wildman–Crippen LogP) is 2.07. The van der Waals surface area contributed by atoms with Crippen molar-refractivity contribution in [3.8, 4) is 5.88 Å². The highest BCUT2D eigenvalue weighted by Crippen LogP contribution is 2.40. The second kappa shape index (κ2) is 9.06. The van der Waals surface area contributed by atoms with Crippen LogP contribution in [0.25, 0.3) is 0 Å². The number of pyridine rings is 1. The highest BCUT2D eigenvalue weighted by Gasteiger charge is 2.49. The van der Waals surface area contributed by atoms with E-state index in [2.05, 4.69) is 4.98 Å². The maximum absolute atomic E-state index is 12.6. The van der Waals surface area contributed by atoms with Gasteiger partial charge in [0.15, 0.2) is 0 Å². The Hall–Kier alpha value is -1.92. The van der Waals surface area contributed by atoms with Crippen molar-refractivity contribution in [3.05, 3.63) is 24.4 Å². The van der Waals surface area contributed by atoms with Crippen LogP contribution >= 0.6 is 0 Å². The lowest BCUT2D eigenvalue weighted by Gasteiger charge is -2.36. The average Bonchev–Trinajstić information content (AvgIpc) is 3.47. The quantitative estimate of drug-likeness (QED) is 0.729. The molecule has 12 heteroatoms. The van der Waals surface area contributed by atoms with E-state index in [1.807, 2.05) is 18.2 Å². The number of aliphatic carboxylic acids is 1. The SMILES string of the molecule is O=C(O)C(F)(F)F.O=S(=O)(C1CC1)N1CCOC2CC(COc3ccccn3)CC21. The summed E-state index contributed by atoms with van der Waals surface area (Å²) < 4.78 is 70.2. The summed E-state index contributed by atoms with van der Waals surface area (Å²) in [6, 6.07) is 5.56. The first-order chi connectivity index (χ1) is 14.1. The number of carbonyl (C=O) groups is 1. The van der Waals surface area contributed by atoms with E-state index in [0.29, 0.717) is 31.6 Å². The Labute approximate surface area is 172 Å². The number of ether oxygens (including phenoxy) is 2. The highest BCUT2D eigenvalue weighted by atomic mass is 32.2. The smallest absolute Gasteiger partial charge is 0.477 e. The summed E-state index contributed by atoms with van der Waals surface area (Å²) in [6.45, 7) is 1.56. The fraction of sp³-hybridized carbons (Fsp3) is 0.667. The van der Waals surface area contributed by atoms with Gasteiger partial charge in [0.25, 0.3) is 0 Å². The summed E-state index contributed by atoms with van der Waals surface area (Å²) in [5, 5.41) is 6.98. The number of alkyl halides is 3. The molecular weight excluding hydrogens is 429 g/mol. The van der Waals surface area contributed by atoms with Gasteiger partial charge in [0.2, 0.25) is 15.9 Å². The topological polar surface area (TPSA) is 106 Å². The maximum atomic E-state index is 12.6. The van der Waals surface area contributed by atoms with E-state index in [-0.39, 0.29) is 17.4 Å². The number of carboxylic acids is 1. The average molecular weight is 452 g/mol. The molecule has 0 aromatic carbocycles. The second-order valence-corrected chi connectivity index (χ2v) is 9.62. The molecule has 0 spiro atoms. The van der Waals surface area contributed by atoms with Crippen molar-refractivity contribution in [2.24, 2.45) is 5.92 Å². The van der Waals surface area contributed by atoms with Crippen molar-refractivity contribution in [1.82, 2.24) is 9.29 Å². The van der Waals surface area contributed by atoms with E-state index < -0.39 is 22.2 Å². The Balaban J connectivity index is 0.000000318. The Bertz CT molecular complexity index is 832. The number of morpholine rings is 1. The standard InChI is InChI=1S/C16H22N2O4S.C2HF3O2/c19-23(20,13-4-5-13)18-7-8-21-15-10-12(9-14(15)18)11-22-16-3-1-2-6-17-16;3-2(4,5)1(6)7/h1-3,6,12-15H,4-5,7-11H2;(H,6,7). The van der Waals surface area contributed by atoms with Crippen molar-refractivity contribution < 1.29 is 41.0 Å². The van der Waals surface area contributed by atoms with E-state index >= 15 is 0 Å². The summed E-state index contributed by atoms with van der Waals surface area (Å²) >= 11 is 0. The lowest BCUT2D eigenvalue weighted by molar-refractivity contribution is -0.192. The van der Waals surface area contributed by atoms with Crippen molar-refractivity contribution >= 4 is 16.0 Å². The van der Waals surface area contributed by atoms with Gasteiger partial charge in [-0.1, -0.05) is 6.07 Å². The van der Waals surface area contributed by atoms with Crippen molar-refractivity contribution in [2.75, 3.05) is 19.8 Å². The molecule has 1 N–H and O–H groups in total. The molecule has 3 atom stereocenters. The molecule has 2 saturated carbocycles. The van der Waals surface area contributed by atoms with Gasteiger partial charge in [-0.05, 0) is 37.7 Å². The minimum Gasteiger partial charge on any atom is -0.477 e. The van der Waals surface area contributed by atoms with Crippen molar-refractivity contribution in [3.63, 3.8) is 0 Å². The molecule has 2 heterocycles. The van der Waals surface area contributed by atoms with E-state index in [4.69, 9.17) is 19.4 Å². The maximum Gasteiger partial charge on any atom is 0.490 e. The minimum absolute atomic E-state index is 0.00890. The molecule has 3 unspecified atom stereocenters. The van der Waals surface area contributed by atoms with Crippen LogP contribution in [-0.2, 0) is 19.6 Å². The van der Waals surface area contributed by atoms with Crippen LogP contribution in [0.2, 0.25) is 0 Å². The highest BCUT2D eigenvalue weighted by molar-refractivity contribution is 7.90. The van der Waals surface area contributed by atoms with Crippen molar-refractivity contribution in [2.45, 2.75) is 49.3 Å². The van der Waals surface area contributed by atoms with Gasteiger partial charge in [0.1, 0.15) is 0 Å². The zero-order chi connectivity index (χ0) is 21.9. The summed E-state index contributed by atoms with van der Waals surface area (Å²) in [4.78, 5) is 13.1. The Kier molecular flexibility index (Phi) is 6.88. The van der Waals surface area contributed by atoms with Crippen LogP contribution in [0.4, 0.5) is 13.2 Å². The summed E-state index contributed by atoms with van der Waals surface area (Å²) in [7, 11) is -3.13. The zero-order valence-corrected chi connectivity index (χ0v) is 16.8. The van der Waals surface area contributed by atoms with Gasteiger partial charge in [-0.2, -0.15) is 17.5 Å². The molecule has 1 aromatic heterocycles. The number of hydrogen-bond acceptors (Lipinski definition) is 6. The van der Waals surface area contributed by atoms with Gasteiger partial charge in [-0.25, -0.2) is 18.2 Å². The molecule has 1 aromatic rings. The lowest BCUT2D eigenvalue weighted by atomic mass is 10.1. The summed E-state index contributed by atoms with van der Waals surface area (Å²) in [5.41, 5.74) is 0. The van der Waals surface area contributed by atoms with Gasteiger partial charge < -0.3 is 14.6 Å². The van der Waals surface area contributed by atoms with Crippen molar-refractivity contribution in [1.29, 1.82) is 0 Å². The molecule has 0 radical (unpaired) electrons. The fourth-order valence-corrected chi connectivity index (χ4v) is 5.71. The molecule has 168 valence electrons. The normalized spacial score (nSPS) is 27.0. The van der Waals surface area contributed by atoms with Crippen LogP contribution in [0, 0.1) is 5.92 Å². The minimum atomic E-state index is -5.08. The Morgan fingerprint density at radius 2 is 2.00 bits per heavy atom. The molecule has 3 aliphatic rings. The molecule has 8 nitrogen and oxygen atoms in total. The molecule has 1 saturated heterocycles. The third-order valence-electron chi connectivity index (χ3n) is 5.20. The monoisotopic (exact) mass is 452 g/mol. The van der Waals surface area contributed by atoms with E-state index in [0.717, 1.165) is 25.7 Å². The fourth-order valence-electron chi connectivity index (χ4n) is 3.66. The first kappa shape index (κ1) is 22.8. The Morgan fingerprint density at radius 3 is 2.57 bits per heavy atom. The molecule has 3 fully saturated rings. The van der Waals surface area contributed by atoms with E-state index in [9.17, 15) is 21.6 Å². The molecular formula is C18H23F3N2O6S. The van der Waals surface area contributed by atoms with Crippen LogP contribution in [0.3, 0.4) is 0 Å². The summed E-state index contributed by atoms with van der Waals surface area (Å²) in [6.07, 6.45) is -0.0873. The van der Waals surface area contributed by atoms with Gasteiger partial charge in [-0.3, -0.25) is 0 Å². The lowest BCUT2D eigenvalue weighted by Crippen LogP contribution is -2.52. The number of nitrogens with zero attached hydrogens (tertiary/aromatic N) is 2. The number of rotatable bonds is 5. The second-order valence-electron chi connectivity index (χ2n) is 7.45. The van der Waals surface area contributed by atoms with Gasteiger partial charge >= 0.3 is 12.1 Å². The number of aromatic nitrogens is 1. The van der Waals surface area contributed by atoms with E-state index in [1.54, 1.807) is 10.5 Å². The molecule has 4 rings (SSSR count). The predicted molar refractivity (Wildman–Crippen MR) is 98.3 cm³/mol. The van der Waals surface area contributed by atoms with Gasteiger partial charge in [0, 0.05) is 18.8 Å². The number of carboxylic acid groups (broad SMARTS) is 1. The number of sulfonamides is 1. The molecule has 1 aliphatic heterocycles. The van der Waals surface area contributed by atoms with Crippen LogP contribution < -0.4 is 4.74 Å². The van der Waals surface area contributed by atoms with Crippen LogP contribution in [-0.4, -0.2) is 72.1 Å². The van der Waals surface area contributed by atoms with Crippen LogP contribution in [0.5, 0.6) is 5.88 Å². The van der Waals surface area contributed by atoms with Crippen LogP contribution in [0.15, 0.2) is 24.4 Å². The third kappa shape index (κ3) is 5.61. The third-order valence-corrected chi connectivity index (χ3v) is 7.62. The number of fused-ring (bicyclic) bond motifs is 1. The van der Waals surface area contributed by atoms with E-state index in [1.165, 1.54) is 0 Å². The largest absolute Gasteiger partial charge is 0.490 e. The van der Waals surface area contributed by atoms with Gasteiger partial charge in [-0.15, -0.1) is 0 Å².